The third-order valence-corrected chi connectivity index (χ3v) is 5.84. The second-order valence-corrected chi connectivity index (χ2v) is 8.02. The molecule has 3 aromatic rings. The summed E-state index contributed by atoms with van der Waals surface area (Å²) in [6, 6.07) is 7.06. The van der Waals surface area contributed by atoms with E-state index in [-0.39, 0.29) is 11.5 Å². The van der Waals surface area contributed by atoms with Gasteiger partial charge in [0.25, 0.3) is 5.56 Å². The first kappa shape index (κ1) is 19.6. The molecule has 1 aromatic carbocycles. The summed E-state index contributed by atoms with van der Waals surface area (Å²) >= 11 is 4.66. The van der Waals surface area contributed by atoms with Gasteiger partial charge in [0.05, 0.1) is 16.2 Å². The minimum atomic E-state index is -0.417. The Balaban J connectivity index is 1.92. The zero-order chi connectivity index (χ0) is 19.6. The van der Waals surface area contributed by atoms with E-state index in [4.69, 9.17) is 4.52 Å². The summed E-state index contributed by atoms with van der Waals surface area (Å²) in [4.78, 5) is 30.1. The lowest BCUT2D eigenvalue weighted by Gasteiger charge is -2.16. The van der Waals surface area contributed by atoms with E-state index in [1.54, 1.807) is 29.7 Å². The number of nitrogens with zero attached hydrogens (tertiary/aromatic N) is 3. The van der Waals surface area contributed by atoms with E-state index in [2.05, 4.69) is 31.4 Å². The van der Waals surface area contributed by atoms with Gasteiger partial charge in [-0.15, -0.1) is 0 Å². The van der Waals surface area contributed by atoms with Crippen LogP contribution in [0.1, 0.15) is 26.0 Å². The highest BCUT2D eigenvalue weighted by Gasteiger charge is 2.22. The predicted molar refractivity (Wildman–Crippen MR) is 109 cm³/mol. The van der Waals surface area contributed by atoms with Crippen LogP contribution in [0.25, 0.3) is 10.9 Å². The van der Waals surface area contributed by atoms with Crippen molar-refractivity contribution in [3.63, 3.8) is 0 Å². The van der Waals surface area contributed by atoms with Gasteiger partial charge in [0, 0.05) is 17.1 Å². The molecule has 142 valence electrons. The minimum Gasteiger partial charge on any atom is -0.360 e. The second kappa shape index (κ2) is 8.26. The third-order valence-electron chi connectivity index (χ3n) is 3.99. The number of aryl methyl sites for hydroxylation is 1. The molecule has 2 aromatic heterocycles. The van der Waals surface area contributed by atoms with Gasteiger partial charge < -0.3 is 9.84 Å². The van der Waals surface area contributed by atoms with E-state index in [1.807, 2.05) is 19.9 Å². The Bertz CT molecular complexity index is 1050. The van der Waals surface area contributed by atoms with Crippen molar-refractivity contribution >= 4 is 50.3 Å². The number of rotatable bonds is 6. The van der Waals surface area contributed by atoms with Crippen molar-refractivity contribution in [3.8, 4) is 0 Å². The van der Waals surface area contributed by atoms with Gasteiger partial charge in [-0.05, 0) is 38.5 Å². The molecule has 7 nitrogen and oxygen atoms in total. The van der Waals surface area contributed by atoms with Crippen molar-refractivity contribution in [2.45, 2.75) is 44.1 Å². The maximum Gasteiger partial charge on any atom is 0.262 e. The molecular weight excluding hydrogens is 432 g/mol. The molecule has 1 N–H and O–H groups in total. The number of fused-ring (bicyclic) bond motifs is 1. The van der Waals surface area contributed by atoms with Gasteiger partial charge in [0.2, 0.25) is 5.91 Å². The quantitative estimate of drug-likeness (QED) is 0.451. The van der Waals surface area contributed by atoms with Crippen LogP contribution in [0.5, 0.6) is 0 Å². The molecule has 9 heteroatoms. The SMILES string of the molecule is CCC(Sc1nc2ccc(Br)cc2c(=O)n1CC)C(=O)Nc1cc(C)on1. The average Bonchev–Trinajstić information content (AvgIpc) is 3.05. The van der Waals surface area contributed by atoms with E-state index >= 15 is 0 Å². The molecule has 1 amide bonds. The lowest BCUT2D eigenvalue weighted by atomic mass is 10.2. The van der Waals surface area contributed by atoms with Crippen LogP contribution in [0.3, 0.4) is 0 Å². The van der Waals surface area contributed by atoms with Gasteiger partial charge in [-0.3, -0.25) is 14.2 Å². The van der Waals surface area contributed by atoms with Crippen molar-refractivity contribution in [1.82, 2.24) is 14.7 Å². The maximum absolute atomic E-state index is 12.8. The van der Waals surface area contributed by atoms with Crippen molar-refractivity contribution < 1.29 is 9.32 Å². The molecule has 0 fully saturated rings. The van der Waals surface area contributed by atoms with Gasteiger partial charge in [-0.2, -0.15) is 0 Å². The number of halogens is 1. The predicted octanol–water partition coefficient (Wildman–Crippen LogP) is 3.98. The standard InChI is InChI=1S/C18H19BrN4O3S/c1-4-14(16(24)21-15-8-10(3)26-22-15)27-18-20-13-7-6-11(19)9-12(13)17(25)23(18)5-2/h6-9,14H,4-5H2,1-3H3,(H,21,22,24). The normalized spacial score (nSPS) is 12.3. The highest BCUT2D eigenvalue weighted by atomic mass is 79.9. The van der Waals surface area contributed by atoms with E-state index in [0.29, 0.717) is 40.6 Å². The van der Waals surface area contributed by atoms with Crippen LogP contribution in [0.2, 0.25) is 0 Å². The smallest absolute Gasteiger partial charge is 0.262 e. The van der Waals surface area contributed by atoms with Crippen LogP contribution in [-0.4, -0.2) is 25.9 Å². The number of aromatic nitrogens is 3. The molecule has 0 aliphatic heterocycles. The number of thioether (sulfide) groups is 1. The summed E-state index contributed by atoms with van der Waals surface area (Å²) < 4.78 is 7.39. The monoisotopic (exact) mass is 450 g/mol. The molecule has 0 spiro atoms. The topological polar surface area (TPSA) is 90.0 Å². The molecule has 0 aliphatic rings. The van der Waals surface area contributed by atoms with Crippen LogP contribution < -0.4 is 10.9 Å². The Morgan fingerprint density at radius 1 is 1.37 bits per heavy atom. The van der Waals surface area contributed by atoms with Gasteiger partial charge in [-0.1, -0.05) is 39.8 Å². The van der Waals surface area contributed by atoms with Crippen molar-refractivity contribution in [2.24, 2.45) is 0 Å². The molecule has 0 bridgehead atoms. The molecule has 0 radical (unpaired) electrons. The first-order valence-electron chi connectivity index (χ1n) is 8.53. The van der Waals surface area contributed by atoms with E-state index in [9.17, 15) is 9.59 Å². The number of nitrogens with one attached hydrogen (secondary N) is 1. The number of carbonyl (C=O) groups excluding carboxylic acids is 1. The number of benzene rings is 1. The molecule has 0 saturated carbocycles. The minimum absolute atomic E-state index is 0.117. The number of hydrogen-bond donors (Lipinski definition) is 1. The van der Waals surface area contributed by atoms with Crippen LogP contribution in [-0.2, 0) is 11.3 Å². The molecule has 2 heterocycles. The third kappa shape index (κ3) is 4.24. The lowest BCUT2D eigenvalue weighted by Crippen LogP contribution is -2.28. The van der Waals surface area contributed by atoms with Crippen molar-refractivity contribution in [3.05, 3.63) is 44.9 Å². The number of anilines is 1. The number of amides is 1. The molecule has 0 aliphatic carbocycles. The zero-order valence-corrected chi connectivity index (χ0v) is 17.6. The van der Waals surface area contributed by atoms with E-state index in [1.165, 1.54) is 11.8 Å². The van der Waals surface area contributed by atoms with Gasteiger partial charge in [0.15, 0.2) is 11.0 Å². The summed E-state index contributed by atoms with van der Waals surface area (Å²) in [5.41, 5.74) is 0.492. The highest BCUT2D eigenvalue weighted by Crippen LogP contribution is 2.26. The molecule has 27 heavy (non-hydrogen) atoms. The first-order valence-corrected chi connectivity index (χ1v) is 10.2. The summed E-state index contributed by atoms with van der Waals surface area (Å²) in [5, 5.41) is 7.18. The molecule has 1 atom stereocenters. The Morgan fingerprint density at radius 2 is 2.15 bits per heavy atom. The van der Waals surface area contributed by atoms with Gasteiger partial charge >= 0.3 is 0 Å². The van der Waals surface area contributed by atoms with E-state index < -0.39 is 5.25 Å². The Hall–Kier alpha value is -2.13. The van der Waals surface area contributed by atoms with Gasteiger partial charge in [-0.25, -0.2) is 4.98 Å². The molecule has 1 unspecified atom stereocenters. The van der Waals surface area contributed by atoms with Crippen molar-refractivity contribution in [1.29, 1.82) is 0 Å². The van der Waals surface area contributed by atoms with Gasteiger partial charge in [0.1, 0.15) is 5.76 Å². The Morgan fingerprint density at radius 3 is 2.78 bits per heavy atom. The fraction of sp³-hybridized carbons (Fsp3) is 0.333. The lowest BCUT2D eigenvalue weighted by molar-refractivity contribution is -0.115. The van der Waals surface area contributed by atoms with Crippen molar-refractivity contribution in [2.75, 3.05) is 5.32 Å². The fourth-order valence-electron chi connectivity index (χ4n) is 2.62. The molecular formula is C18H19BrN4O3S. The van der Waals surface area contributed by atoms with Crippen LogP contribution in [0.15, 0.2) is 43.2 Å². The number of hydrogen-bond acceptors (Lipinski definition) is 6. The largest absolute Gasteiger partial charge is 0.360 e. The maximum atomic E-state index is 12.8. The highest BCUT2D eigenvalue weighted by molar-refractivity contribution is 9.10. The summed E-state index contributed by atoms with van der Waals surface area (Å²) in [7, 11) is 0. The summed E-state index contributed by atoms with van der Waals surface area (Å²) in [6.45, 7) is 6.02. The zero-order valence-electron chi connectivity index (χ0n) is 15.2. The van der Waals surface area contributed by atoms with Crippen LogP contribution in [0, 0.1) is 6.92 Å². The van der Waals surface area contributed by atoms with E-state index in [0.717, 1.165) is 4.47 Å². The Labute approximate surface area is 168 Å². The first-order chi connectivity index (χ1) is 12.9. The summed E-state index contributed by atoms with van der Waals surface area (Å²) in [5.74, 6) is 0.789. The summed E-state index contributed by atoms with van der Waals surface area (Å²) in [6.07, 6.45) is 0.575. The van der Waals surface area contributed by atoms with Crippen LogP contribution in [0.4, 0.5) is 5.82 Å². The Kier molecular flexibility index (Phi) is 6.01. The molecule has 3 rings (SSSR count). The van der Waals surface area contributed by atoms with Crippen LogP contribution >= 0.6 is 27.7 Å². The fourth-order valence-corrected chi connectivity index (χ4v) is 4.06. The second-order valence-electron chi connectivity index (χ2n) is 5.93. The molecule has 0 saturated heterocycles. The average molecular weight is 451 g/mol. The number of carbonyl (C=O) groups is 1.